The van der Waals surface area contributed by atoms with E-state index in [9.17, 15) is 9.50 Å². The van der Waals surface area contributed by atoms with Crippen LogP contribution in [0.3, 0.4) is 0 Å². The van der Waals surface area contributed by atoms with E-state index >= 15 is 0 Å². The summed E-state index contributed by atoms with van der Waals surface area (Å²) < 4.78 is 19.6. The average Bonchev–Trinajstić information content (AvgIpc) is 2.36. The lowest BCUT2D eigenvalue weighted by atomic mass is 9.87. The number of hydrogen-bond donors (Lipinski definition) is 1. The molecule has 0 bridgehead atoms. The highest BCUT2D eigenvalue weighted by molar-refractivity contribution is 9.10. The molecule has 2 unspecified atom stereocenters. The minimum absolute atomic E-state index is 0.297. The first-order valence-electron chi connectivity index (χ1n) is 6.28. The van der Waals surface area contributed by atoms with E-state index in [1.807, 2.05) is 13.0 Å². The lowest BCUT2D eigenvalue weighted by molar-refractivity contribution is -0.135. The van der Waals surface area contributed by atoms with Crippen LogP contribution >= 0.6 is 15.9 Å². The quantitative estimate of drug-likeness (QED) is 0.925. The fourth-order valence-electron chi connectivity index (χ4n) is 2.35. The van der Waals surface area contributed by atoms with Crippen molar-refractivity contribution < 1.29 is 14.2 Å². The number of halogens is 2. The number of rotatable bonds is 3. The van der Waals surface area contributed by atoms with Crippen LogP contribution in [-0.4, -0.2) is 23.4 Å². The summed E-state index contributed by atoms with van der Waals surface area (Å²) >= 11 is 3.22. The minimum atomic E-state index is -0.615. The van der Waals surface area contributed by atoms with Gasteiger partial charge in [0.2, 0.25) is 0 Å². The van der Waals surface area contributed by atoms with Crippen molar-refractivity contribution in [2.75, 3.05) is 6.61 Å². The summed E-state index contributed by atoms with van der Waals surface area (Å²) in [7, 11) is 0. The van der Waals surface area contributed by atoms with Gasteiger partial charge in [0, 0.05) is 13.0 Å². The van der Waals surface area contributed by atoms with E-state index in [1.165, 1.54) is 6.07 Å². The van der Waals surface area contributed by atoms with Crippen LogP contribution in [0.5, 0.6) is 0 Å². The van der Waals surface area contributed by atoms with Gasteiger partial charge in [-0.2, -0.15) is 0 Å². The normalized spacial score (nSPS) is 26.0. The summed E-state index contributed by atoms with van der Waals surface area (Å²) in [6, 6.07) is 4.88. The van der Waals surface area contributed by atoms with Crippen LogP contribution in [0.25, 0.3) is 0 Å². The SMILES string of the molecule is CC1(C(O)Cc2cccc(F)c2Br)CCCCO1. The van der Waals surface area contributed by atoms with E-state index in [1.54, 1.807) is 6.07 Å². The lowest BCUT2D eigenvalue weighted by Crippen LogP contribution is -2.45. The van der Waals surface area contributed by atoms with Crippen molar-refractivity contribution >= 4 is 15.9 Å². The fourth-order valence-corrected chi connectivity index (χ4v) is 2.77. The van der Waals surface area contributed by atoms with Gasteiger partial charge in [-0.25, -0.2) is 4.39 Å². The first kappa shape index (κ1) is 14.0. The van der Waals surface area contributed by atoms with Crippen LogP contribution in [0.4, 0.5) is 4.39 Å². The molecule has 1 aliphatic heterocycles. The Labute approximate surface area is 115 Å². The van der Waals surface area contributed by atoms with Crippen molar-refractivity contribution in [1.29, 1.82) is 0 Å². The Bertz CT molecular complexity index is 416. The molecule has 1 aliphatic rings. The molecule has 0 aromatic heterocycles. The Hall–Kier alpha value is -0.450. The highest BCUT2D eigenvalue weighted by Gasteiger charge is 2.36. The maximum Gasteiger partial charge on any atom is 0.137 e. The second-order valence-corrected chi connectivity index (χ2v) is 5.84. The van der Waals surface area contributed by atoms with Crippen LogP contribution in [-0.2, 0) is 11.2 Å². The molecule has 0 saturated carbocycles. The van der Waals surface area contributed by atoms with Gasteiger partial charge in [-0.05, 0) is 53.7 Å². The van der Waals surface area contributed by atoms with Crippen molar-refractivity contribution in [3.05, 3.63) is 34.1 Å². The van der Waals surface area contributed by atoms with E-state index in [0.717, 1.165) is 24.8 Å². The van der Waals surface area contributed by atoms with E-state index in [0.29, 0.717) is 17.5 Å². The first-order valence-corrected chi connectivity index (χ1v) is 7.07. The molecule has 1 heterocycles. The second-order valence-electron chi connectivity index (χ2n) is 5.05. The zero-order valence-corrected chi connectivity index (χ0v) is 12.0. The molecule has 0 aliphatic carbocycles. The third-order valence-electron chi connectivity index (χ3n) is 3.65. The van der Waals surface area contributed by atoms with E-state index < -0.39 is 11.7 Å². The Morgan fingerprint density at radius 3 is 2.94 bits per heavy atom. The molecule has 1 aromatic rings. The number of aliphatic hydroxyl groups is 1. The Morgan fingerprint density at radius 2 is 2.28 bits per heavy atom. The largest absolute Gasteiger partial charge is 0.390 e. The molecular formula is C14H18BrFO2. The third kappa shape index (κ3) is 2.92. The molecule has 100 valence electrons. The molecule has 0 spiro atoms. The van der Waals surface area contributed by atoms with Crippen LogP contribution in [0, 0.1) is 5.82 Å². The number of ether oxygens (including phenoxy) is 1. The predicted octanol–water partition coefficient (Wildman–Crippen LogP) is 3.45. The van der Waals surface area contributed by atoms with Crippen LogP contribution < -0.4 is 0 Å². The summed E-state index contributed by atoms with van der Waals surface area (Å²) in [5, 5.41) is 10.3. The fraction of sp³-hybridized carbons (Fsp3) is 0.571. The highest BCUT2D eigenvalue weighted by atomic mass is 79.9. The maximum atomic E-state index is 13.4. The van der Waals surface area contributed by atoms with E-state index in [-0.39, 0.29) is 5.82 Å². The number of aliphatic hydroxyl groups excluding tert-OH is 1. The van der Waals surface area contributed by atoms with Gasteiger partial charge in [0.05, 0.1) is 16.2 Å². The summed E-state index contributed by atoms with van der Waals surface area (Å²) in [5.74, 6) is -0.297. The van der Waals surface area contributed by atoms with Gasteiger partial charge in [0.25, 0.3) is 0 Å². The summed E-state index contributed by atoms with van der Waals surface area (Å²) in [5.41, 5.74) is 0.266. The molecule has 2 rings (SSSR count). The van der Waals surface area contributed by atoms with Gasteiger partial charge in [0.1, 0.15) is 5.82 Å². The topological polar surface area (TPSA) is 29.5 Å². The smallest absolute Gasteiger partial charge is 0.137 e. The Kier molecular flexibility index (Phi) is 4.41. The summed E-state index contributed by atoms with van der Waals surface area (Å²) in [6.07, 6.45) is 2.75. The van der Waals surface area contributed by atoms with Gasteiger partial charge in [0.15, 0.2) is 0 Å². The van der Waals surface area contributed by atoms with Gasteiger partial charge in [-0.15, -0.1) is 0 Å². The average molecular weight is 317 g/mol. The zero-order valence-electron chi connectivity index (χ0n) is 10.5. The Balaban J connectivity index is 2.10. The molecule has 2 nitrogen and oxygen atoms in total. The molecule has 1 fully saturated rings. The van der Waals surface area contributed by atoms with Crippen LogP contribution in [0.15, 0.2) is 22.7 Å². The maximum absolute atomic E-state index is 13.4. The van der Waals surface area contributed by atoms with Crippen molar-refractivity contribution in [3.8, 4) is 0 Å². The Morgan fingerprint density at radius 1 is 1.50 bits per heavy atom. The standard InChI is InChI=1S/C14H18BrFO2/c1-14(7-2-3-8-18-14)12(17)9-10-5-4-6-11(16)13(10)15/h4-6,12,17H,2-3,7-9H2,1H3. The molecule has 18 heavy (non-hydrogen) atoms. The van der Waals surface area contributed by atoms with Gasteiger partial charge in [-0.1, -0.05) is 12.1 Å². The third-order valence-corrected chi connectivity index (χ3v) is 4.54. The molecule has 0 radical (unpaired) electrons. The summed E-state index contributed by atoms with van der Waals surface area (Å²) in [6.45, 7) is 2.63. The molecule has 0 amide bonds. The van der Waals surface area contributed by atoms with Crippen LogP contribution in [0.2, 0.25) is 0 Å². The first-order chi connectivity index (χ1) is 8.53. The second kappa shape index (κ2) is 5.68. The van der Waals surface area contributed by atoms with E-state index in [4.69, 9.17) is 4.74 Å². The minimum Gasteiger partial charge on any atom is -0.390 e. The monoisotopic (exact) mass is 316 g/mol. The van der Waals surface area contributed by atoms with E-state index in [2.05, 4.69) is 15.9 Å². The van der Waals surface area contributed by atoms with Gasteiger partial charge in [-0.3, -0.25) is 0 Å². The predicted molar refractivity (Wildman–Crippen MR) is 72.0 cm³/mol. The molecule has 4 heteroatoms. The number of hydrogen-bond acceptors (Lipinski definition) is 2. The lowest BCUT2D eigenvalue weighted by Gasteiger charge is -2.38. The zero-order chi connectivity index (χ0) is 13.2. The highest BCUT2D eigenvalue weighted by Crippen LogP contribution is 2.31. The van der Waals surface area contributed by atoms with Gasteiger partial charge < -0.3 is 9.84 Å². The molecule has 1 N–H and O–H groups in total. The number of benzene rings is 1. The molecule has 2 atom stereocenters. The van der Waals surface area contributed by atoms with Crippen molar-refractivity contribution in [2.24, 2.45) is 0 Å². The van der Waals surface area contributed by atoms with Crippen molar-refractivity contribution in [2.45, 2.75) is 44.3 Å². The molecule has 1 aromatic carbocycles. The van der Waals surface area contributed by atoms with Crippen molar-refractivity contribution in [1.82, 2.24) is 0 Å². The molecule has 1 saturated heterocycles. The molecular weight excluding hydrogens is 299 g/mol. The van der Waals surface area contributed by atoms with Gasteiger partial charge >= 0.3 is 0 Å². The van der Waals surface area contributed by atoms with Crippen molar-refractivity contribution in [3.63, 3.8) is 0 Å². The summed E-state index contributed by atoms with van der Waals surface area (Å²) in [4.78, 5) is 0. The van der Waals surface area contributed by atoms with Crippen LogP contribution in [0.1, 0.15) is 31.7 Å².